The molecule has 1 atom stereocenters. The summed E-state index contributed by atoms with van der Waals surface area (Å²) in [6.45, 7) is 2.72. The zero-order valence-electron chi connectivity index (χ0n) is 10.9. The van der Waals surface area contributed by atoms with Gasteiger partial charge in [-0.1, -0.05) is 37.3 Å². The van der Waals surface area contributed by atoms with Crippen LogP contribution in [0.5, 0.6) is 0 Å². The summed E-state index contributed by atoms with van der Waals surface area (Å²) in [5.74, 6) is 0.744. The van der Waals surface area contributed by atoms with Crippen LogP contribution in [-0.4, -0.2) is 26.8 Å². The molecule has 1 heterocycles. The second-order valence-corrected chi connectivity index (χ2v) is 4.58. The van der Waals surface area contributed by atoms with E-state index in [-0.39, 0.29) is 5.41 Å². The molecule has 2 rings (SSSR count). The fourth-order valence-electron chi connectivity index (χ4n) is 2.25. The van der Waals surface area contributed by atoms with Gasteiger partial charge in [0.25, 0.3) is 0 Å². The molecular weight excluding hydrogens is 226 g/mol. The molecule has 1 aromatic carbocycles. The Morgan fingerprint density at radius 1 is 1.28 bits per heavy atom. The van der Waals surface area contributed by atoms with Crippen LogP contribution in [0.2, 0.25) is 0 Å². The van der Waals surface area contributed by atoms with Crippen LogP contribution >= 0.6 is 0 Å². The Labute approximate surface area is 107 Å². The molecule has 96 valence electrons. The number of hydrogen-bond acceptors (Lipinski definition) is 4. The van der Waals surface area contributed by atoms with Crippen LogP contribution in [0.25, 0.3) is 0 Å². The maximum Gasteiger partial charge on any atom is 0.175 e. The van der Waals surface area contributed by atoms with Gasteiger partial charge >= 0.3 is 0 Å². The summed E-state index contributed by atoms with van der Waals surface area (Å²) in [6.07, 6.45) is 1.67. The minimum atomic E-state index is -0.107. The van der Waals surface area contributed by atoms with Gasteiger partial charge in [-0.2, -0.15) is 4.80 Å². The van der Waals surface area contributed by atoms with Crippen LogP contribution in [-0.2, 0) is 18.9 Å². The van der Waals surface area contributed by atoms with Crippen LogP contribution in [0.15, 0.2) is 30.3 Å². The first kappa shape index (κ1) is 12.7. The van der Waals surface area contributed by atoms with Crippen LogP contribution in [0.3, 0.4) is 0 Å². The third kappa shape index (κ3) is 2.41. The Balaban J connectivity index is 2.32. The molecule has 0 aliphatic rings. The first-order valence-electron chi connectivity index (χ1n) is 6.18. The van der Waals surface area contributed by atoms with Crippen molar-refractivity contribution in [2.75, 3.05) is 6.54 Å². The van der Waals surface area contributed by atoms with Crippen molar-refractivity contribution < 1.29 is 0 Å². The largest absolute Gasteiger partial charge is 0.330 e. The van der Waals surface area contributed by atoms with Gasteiger partial charge in [-0.3, -0.25) is 0 Å². The normalized spacial score (nSPS) is 14.4. The van der Waals surface area contributed by atoms with E-state index in [1.807, 2.05) is 18.2 Å². The lowest BCUT2D eigenvalue weighted by Crippen LogP contribution is -2.37. The predicted molar refractivity (Wildman–Crippen MR) is 70.0 cm³/mol. The highest BCUT2D eigenvalue weighted by atomic mass is 15.6. The van der Waals surface area contributed by atoms with Crippen molar-refractivity contribution >= 4 is 0 Å². The van der Waals surface area contributed by atoms with Gasteiger partial charge < -0.3 is 5.73 Å². The fraction of sp³-hybridized carbons (Fsp3) is 0.462. The SMILES string of the molecule is CCC(CN)(Cc1nnn(C)n1)c1ccccc1. The highest BCUT2D eigenvalue weighted by Crippen LogP contribution is 2.29. The smallest absolute Gasteiger partial charge is 0.175 e. The maximum atomic E-state index is 6.02. The van der Waals surface area contributed by atoms with Crippen LogP contribution < -0.4 is 5.73 Å². The second-order valence-electron chi connectivity index (χ2n) is 4.58. The van der Waals surface area contributed by atoms with Crippen LogP contribution in [0.4, 0.5) is 0 Å². The molecule has 0 radical (unpaired) electrons. The van der Waals surface area contributed by atoms with E-state index in [1.54, 1.807) is 7.05 Å². The lowest BCUT2D eigenvalue weighted by molar-refractivity contribution is 0.408. The van der Waals surface area contributed by atoms with E-state index < -0.39 is 0 Å². The number of nitrogens with zero attached hydrogens (tertiary/aromatic N) is 4. The highest BCUT2D eigenvalue weighted by molar-refractivity contribution is 5.27. The molecule has 18 heavy (non-hydrogen) atoms. The van der Waals surface area contributed by atoms with E-state index in [2.05, 4.69) is 34.5 Å². The Kier molecular flexibility index (Phi) is 3.72. The topological polar surface area (TPSA) is 69.6 Å². The van der Waals surface area contributed by atoms with Crippen molar-refractivity contribution in [2.24, 2.45) is 12.8 Å². The van der Waals surface area contributed by atoms with E-state index in [1.165, 1.54) is 10.4 Å². The molecule has 0 saturated carbocycles. The number of benzene rings is 1. The monoisotopic (exact) mass is 245 g/mol. The molecule has 0 saturated heterocycles. The standard InChI is InChI=1S/C13H19N5/c1-3-13(10-14,11-7-5-4-6-8-11)9-12-15-17-18(2)16-12/h4-8H,3,9-10,14H2,1-2H3. The van der Waals surface area contributed by atoms with E-state index in [9.17, 15) is 0 Å². The summed E-state index contributed by atoms with van der Waals surface area (Å²) >= 11 is 0. The van der Waals surface area contributed by atoms with Crippen LogP contribution in [0, 0.1) is 0 Å². The van der Waals surface area contributed by atoms with Gasteiger partial charge in [0.1, 0.15) is 0 Å². The van der Waals surface area contributed by atoms with E-state index in [4.69, 9.17) is 5.73 Å². The van der Waals surface area contributed by atoms with Crippen molar-refractivity contribution in [1.82, 2.24) is 20.2 Å². The molecule has 2 N–H and O–H groups in total. The van der Waals surface area contributed by atoms with Crippen molar-refractivity contribution in [3.05, 3.63) is 41.7 Å². The maximum absolute atomic E-state index is 6.02. The average Bonchev–Trinajstić information content (AvgIpc) is 2.82. The third-order valence-corrected chi connectivity index (χ3v) is 3.50. The fourth-order valence-corrected chi connectivity index (χ4v) is 2.25. The Morgan fingerprint density at radius 2 is 2.00 bits per heavy atom. The lowest BCUT2D eigenvalue weighted by Gasteiger charge is -2.30. The number of aryl methyl sites for hydroxylation is 1. The Bertz CT molecular complexity index is 487. The molecule has 5 nitrogen and oxygen atoms in total. The Morgan fingerprint density at radius 3 is 2.50 bits per heavy atom. The quantitative estimate of drug-likeness (QED) is 0.855. The van der Waals surface area contributed by atoms with Crippen molar-refractivity contribution in [3.8, 4) is 0 Å². The summed E-state index contributed by atoms with van der Waals surface area (Å²) in [5.41, 5.74) is 7.15. The minimum Gasteiger partial charge on any atom is -0.330 e. The lowest BCUT2D eigenvalue weighted by atomic mass is 9.75. The molecule has 0 fully saturated rings. The zero-order valence-corrected chi connectivity index (χ0v) is 10.9. The van der Waals surface area contributed by atoms with E-state index in [0.29, 0.717) is 6.54 Å². The molecular formula is C13H19N5. The van der Waals surface area contributed by atoms with Gasteiger partial charge in [-0.25, -0.2) is 0 Å². The summed E-state index contributed by atoms with van der Waals surface area (Å²) < 4.78 is 0. The van der Waals surface area contributed by atoms with Crippen LogP contribution in [0.1, 0.15) is 24.7 Å². The van der Waals surface area contributed by atoms with Crippen molar-refractivity contribution in [3.63, 3.8) is 0 Å². The molecule has 0 aliphatic carbocycles. The first-order chi connectivity index (χ1) is 8.70. The number of rotatable bonds is 5. The van der Waals surface area contributed by atoms with Gasteiger partial charge in [-0.15, -0.1) is 10.2 Å². The second kappa shape index (κ2) is 5.27. The molecule has 5 heteroatoms. The third-order valence-electron chi connectivity index (χ3n) is 3.50. The Hall–Kier alpha value is -1.75. The molecule has 1 aromatic heterocycles. The summed E-state index contributed by atoms with van der Waals surface area (Å²) in [4.78, 5) is 1.48. The molecule has 0 amide bonds. The minimum absolute atomic E-state index is 0.107. The number of aromatic nitrogens is 4. The van der Waals surface area contributed by atoms with Crippen molar-refractivity contribution in [2.45, 2.75) is 25.2 Å². The summed E-state index contributed by atoms with van der Waals surface area (Å²) in [7, 11) is 1.77. The number of hydrogen-bond donors (Lipinski definition) is 1. The van der Waals surface area contributed by atoms with E-state index in [0.717, 1.165) is 18.7 Å². The molecule has 2 aromatic rings. The molecule has 1 unspecified atom stereocenters. The van der Waals surface area contributed by atoms with Crippen molar-refractivity contribution in [1.29, 1.82) is 0 Å². The predicted octanol–water partition coefficient (Wildman–Crippen LogP) is 1.06. The van der Waals surface area contributed by atoms with Gasteiger partial charge in [-0.05, 0) is 17.2 Å². The highest BCUT2D eigenvalue weighted by Gasteiger charge is 2.30. The number of nitrogens with two attached hydrogens (primary N) is 1. The van der Waals surface area contributed by atoms with Gasteiger partial charge in [0.15, 0.2) is 5.82 Å². The average molecular weight is 245 g/mol. The number of tetrazole rings is 1. The first-order valence-corrected chi connectivity index (χ1v) is 6.18. The van der Waals surface area contributed by atoms with E-state index >= 15 is 0 Å². The van der Waals surface area contributed by atoms with Gasteiger partial charge in [0.05, 0.1) is 7.05 Å². The van der Waals surface area contributed by atoms with Gasteiger partial charge in [0, 0.05) is 18.4 Å². The summed E-state index contributed by atoms with van der Waals surface area (Å²) in [5, 5.41) is 12.2. The molecule has 0 spiro atoms. The molecule has 0 aliphatic heterocycles. The van der Waals surface area contributed by atoms with Gasteiger partial charge in [0.2, 0.25) is 0 Å². The molecule has 0 bridgehead atoms. The zero-order chi connectivity index (χ0) is 13.0. The summed E-state index contributed by atoms with van der Waals surface area (Å²) in [6, 6.07) is 10.3.